The molecule has 1 fully saturated rings. The molecule has 1 saturated heterocycles. The molecule has 3 aromatic rings. The van der Waals surface area contributed by atoms with Crippen molar-refractivity contribution in [3.8, 4) is 10.4 Å². The molecule has 28 heavy (non-hydrogen) atoms. The molecule has 0 saturated carbocycles. The van der Waals surface area contributed by atoms with E-state index in [9.17, 15) is 4.79 Å². The Hall–Kier alpha value is -2.35. The third-order valence-corrected chi connectivity index (χ3v) is 5.94. The molecule has 6 nitrogen and oxygen atoms in total. The topological polar surface area (TPSA) is 67.4 Å². The molecular weight excluding hydrogens is 372 g/mol. The predicted molar refractivity (Wildman–Crippen MR) is 113 cm³/mol. The van der Waals surface area contributed by atoms with Gasteiger partial charge in [-0.05, 0) is 43.9 Å². The Morgan fingerprint density at radius 3 is 2.89 bits per heavy atom. The maximum atomic E-state index is 12.5. The van der Waals surface area contributed by atoms with Gasteiger partial charge in [0, 0.05) is 30.4 Å². The Balaban J connectivity index is 1.49. The minimum atomic E-state index is -0.0537. The Kier molecular flexibility index (Phi) is 5.39. The molecule has 1 amide bonds. The van der Waals surface area contributed by atoms with Gasteiger partial charge in [0.05, 0.1) is 29.1 Å². The molecule has 2 aromatic heterocycles. The quantitative estimate of drug-likeness (QED) is 0.728. The van der Waals surface area contributed by atoms with Gasteiger partial charge >= 0.3 is 0 Å². The van der Waals surface area contributed by atoms with Gasteiger partial charge in [-0.1, -0.05) is 12.1 Å². The second kappa shape index (κ2) is 7.95. The first-order valence-corrected chi connectivity index (χ1v) is 10.3. The summed E-state index contributed by atoms with van der Waals surface area (Å²) < 4.78 is 5.63. The van der Waals surface area contributed by atoms with Gasteiger partial charge in [-0.3, -0.25) is 9.69 Å². The van der Waals surface area contributed by atoms with Crippen molar-refractivity contribution in [2.24, 2.45) is 0 Å². The molecule has 4 rings (SSSR count). The number of morpholine rings is 1. The summed E-state index contributed by atoms with van der Waals surface area (Å²) >= 11 is 1.67. The highest BCUT2D eigenvalue weighted by Gasteiger charge is 2.25. The number of aryl methyl sites for hydroxylation is 1. The van der Waals surface area contributed by atoms with E-state index in [1.165, 1.54) is 0 Å². The van der Waals surface area contributed by atoms with Crippen molar-refractivity contribution < 1.29 is 9.53 Å². The number of pyridine rings is 1. The fourth-order valence-corrected chi connectivity index (χ4v) is 4.19. The van der Waals surface area contributed by atoms with Crippen LogP contribution in [-0.4, -0.2) is 52.6 Å². The van der Waals surface area contributed by atoms with Crippen LogP contribution < -0.4 is 5.32 Å². The Morgan fingerprint density at radius 1 is 1.25 bits per heavy atom. The number of amides is 1. The molecule has 0 spiro atoms. The van der Waals surface area contributed by atoms with Crippen molar-refractivity contribution in [1.82, 2.24) is 14.9 Å². The largest absolute Gasteiger partial charge is 0.376 e. The molecule has 1 aliphatic heterocycles. The van der Waals surface area contributed by atoms with Gasteiger partial charge in [0.2, 0.25) is 5.91 Å². The molecule has 146 valence electrons. The Bertz CT molecular complexity index is 1000. The summed E-state index contributed by atoms with van der Waals surface area (Å²) in [6, 6.07) is 8.41. The molecule has 7 heteroatoms. The molecule has 1 aliphatic rings. The highest BCUT2D eigenvalue weighted by Crippen LogP contribution is 2.29. The summed E-state index contributed by atoms with van der Waals surface area (Å²) in [5.41, 5.74) is 1.12. The van der Waals surface area contributed by atoms with Gasteiger partial charge in [0.15, 0.2) is 0 Å². The number of hydrogen-bond acceptors (Lipinski definition) is 6. The third-order valence-electron chi connectivity index (χ3n) is 4.98. The number of carbonyl (C=O) groups excluding carboxylic acids is 1. The van der Waals surface area contributed by atoms with E-state index in [2.05, 4.69) is 45.3 Å². The summed E-state index contributed by atoms with van der Waals surface area (Å²) in [6.45, 7) is 7.87. The number of hydrogen-bond donors (Lipinski definition) is 1. The fourth-order valence-electron chi connectivity index (χ4n) is 3.42. The Labute approximate surface area is 168 Å². The van der Waals surface area contributed by atoms with Crippen LogP contribution in [0.4, 0.5) is 5.82 Å². The number of nitrogens with zero attached hydrogens (tertiary/aromatic N) is 3. The van der Waals surface area contributed by atoms with Crippen molar-refractivity contribution >= 4 is 33.8 Å². The lowest BCUT2D eigenvalue weighted by Crippen LogP contribution is -2.50. The van der Waals surface area contributed by atoms with Crippen molar-refractivity contribution in [2.75, 3.05) is 25.0 Å². The summed E-state index contributed by atoms with van der Waals surface area (Å²) in [7, 11) is 0. The monoisotopic (exact) mass is 396 g/mol. The smallest absolute Gasteiger partial charge is 0.239 e. The second-order valence-electron chi connectivity index (χ2n) is 7.35. The van der Waals surface area contributed by atoms with Gasteiger partial charge < -0.3 is 10.1 Å². The molecule has 3 heterocycles. The average Bonchev–Trinajstić information content (AvgIpc) is 3.10. The van der Waals surface area contributed by atoms with Crippen LogP contribution in [0.3, 0.4) is 0 Å². The lowest BCUT2D eigenvalue weighted by atomic mass is 10.1. The number of nitrogens with one attached hydrogen (secondary N) is 1. The van der Waals surface area contributed by atoms with E-state index in [0.717, 1.165) is 32.8 Å². The van der Waals surface area contributed by atoms with Crippen LogP contribution in [0.2, 0.25) is 0 Å². The van der Waals surface area contributed by atoms with Crippen LogP contribution in [0.1, 0.15) is 18.9 Å². The zero-order chi connectivity index (χ0) is 19.7. The SMILES string of the molecule is Cc1ncc(-c2ccc3cnc(NC(=O)CN4C[C@@H](C)OC[C@H]4C)cc3c2)s1. The van der Waals surface area contributed by atoms with Gasteiger partial charge in [-0.25, -0.2) is 9.97 Å². The second-order valence-corrected chi connectivity index (χ2v) is 8.58. The number of aromatic nitrogens is 2. The van der Waals surface area contributed by atoms with Gasteiger partial charge in [-0.15, -0.1) is 11.3 Å². The van der Waals surface area contributed by atoms with Crippen molar-refractivity contribution in [1.29, 1.82) is 0 Å². The number of rotatable bonds is 4. The minimum Gasteiger partial charge on any atom is -0.376 e. The summed E-state index contributed by atoms with van der Waals surface area (Å²) in [5.74, 6) is 0.520. The molecule has 0 radical (unpaired) electrons. The third kappa shape index (κ3) is 4.22. The molecule has 0 unspecified atom stereocenters. The van der Waals surface area contributed by atoms with E-state index in [1.54, 1.807) is 17.5 Å². The zero-order valence-electron chi connectivity index (χ0n) is 16.3. The fraction of sp³-hybridized carbons (Fsp3) is 0.381. The average molecular weight is 397 g/mol. The van der Waals surface area contributed by atoms with E-state index in [-0.39, 0.29) is 18.1 Å². The van der Waals surface area contributed by atoms with Crippen LogP contribution in [0, 0.1) is 6.92 Å². The number of ether oxygens (including phenoxy) is 1. The Morgan fingerprint density at radius 2 is 2.11 bits per heavy atom. The number of thiazole rings is 1. The molecule has 0 aliphatic carbocycles. The molecular formula is C21H24N4O2S. The number of carbonyl (C=O) groups is 1. The summed E-state index contributed by atoms with van der Waals surface area (Å²) in [5, 5.41) is 6.07. The zero-order valence-corrected chi connectivity index (χ0v) is 17.1. The lowest BCUT2D eigenvalue weighted by molar-refractivity contribution is -0.121. The highest BCUT2D eigenvalue weighted by atomic mass is 32.1. The van der Waals surface area contributed by atoms with Crippen LogP contribution in [-0.2, 0) is 9.53 Å². The number of anilines is 1. The van der Waals surface area contributed by atoms with Crippen molar-refractivity contribution in [3.05, 3.63) is 41.7 Å². The van der Waals surface area contributed by atoms with Crippen LogP contribution in [0.15, 0.2) is 36.7 Å². The first-order valence-electron chi connectivity index (χ1n) is 9.46. The standard InChI is InChI=1S/C21H24N4O2S/c1-13-12-27-14(2)10-25(13)11-21(26)24-20-7-18-6-16(4-5-17(18)8-23-20)19-9-22-15(3)28-19/h4-9,13-14H,10-12H2,1-3H3,(H,23,24,26)/t13-,14-/m1/s1. The van der Waals surface area contributed by atoms with Crippen LogP contribution in [0.25, 0.3) is 21.2 Å². The van der Waals surface area contributed by atoms with E-state index in [1.807, 2.05) is 26.1 Å². The van der Waals surface area contributed by atoms with E-state index in [0.29, 0.717) is 19.0 Å². The first-order chi connectivity index (χ1) is 13.5. The number of fused-ring (bicyclic) bond motifs is 1. The molecule has 1 aromatic carbocycles. The van der Waals surface area contributed by atoms with Crippen LogP contribution in [0.5, 0.6) is 0 Å². The predicted octanol–water partition coefficient (Wildman–Crippen LogP) is 3.71. The molecule has 0 bridgehead atoms. The van der Waals surface area contributed by atoms with E-state index < -0.39 is 0 Å². The summed E-state index contributed by atoms with van der Waals surface area (Å²) in [4.78, 5) is 24.5. The van der Waals surface area contributed by atoms with E-state index in [4.69, 9.17) is 4.74 Å². The van der Waals surface area contributed by atoms with Gasteiger partial charge in [-0.2, -0.15) is 0 Å². The van der Waals surface area contributed by atoms with Gasteiger partial charge in [0.1, 0.15) is 5.82 Å². The minimum absolute atomic E-state index is 0.0537. The number of benzene rings is 1. The molecule has 1 N–H and O–H groups in total. The van der Waals surface area contributed by atoms with Crippen molar-refractivity contribution in [2.45, 2.75) is 32.9 Å². The molecule has 2 atom stereocenters. The maximum Gasteiger partial charge on any atom is 0.239 e. The summed E-state index contributed by atoms with van der Waals surface area (Å²) in [6.07, 6.45) is 3.85. The van der Waals surface area contributed by atoms with Gasteiger partial charge in [0.25, 0.3) is 0 Å². The lowest BCUT2D eigenvalue weighted by Gasteiger charge is -2.36. The van der Waals surface area contributed by atoms with Crippen LogP contribution >= 0.6 is 11.3 Å². The first kappa shape index (κ1) is 19.0. The maximum absolute atomic E-state index is 12.5. The highest BCUT2D eigenvalue weighted by molar-refractivity contribution is 7.15. The van der Waals surface area contributed by atoms with Crippen molar-refractivity contribution in [3.63, 3.8) is 0 Å². The van der Waals surface area contributed by atoms with E-state index >= 15 is 0 Å². The normalized spacial score (nSPS) is 20.4.